The normalized spacial score (nSPS) is 31.6. The van der Waals surface area contributed by atoms with Gasteiger partial charge in [0, 0.05) is 24.5 Å². The van der Waals surface area contributed by atoms with Crippen molar-refractivity contribution < 1.29 is 0 Å². The number of aromatic nitrogens is 3. The molecular formula is C15H26N4. The third-order valence-electron chi connectivity index (χ3n) is 5.01. The molecule has 106 valence electrons. The molecule has 3 rings (SSSR count). The molecule has 2 fully saturated rings. The topological polar surface area (TPSA) is 42.7 Å². The fourth-order valence-electron chi connectivity index (χ4n) is 3.91. The molecule has 1 aromatic heterocycles. The third-order valence-corrected chi connectivity index (χ3v) is 5.01. The Morgan fingerprint density at radius 2 is 1.95 bits per heavy atom. The van der Waals surface area contributed by atoms with Crippen LogP contribution < -0.4 is 5.32 Å². The number of aryl methyl sites for hydroxylation is 1. The Kier molecular flexibility index (Phi) is 3.61. The first kappa shape index (κ1) is 13.1. The average Bonchev–Trinajstić information content (AvgIpc) is 2.92. The Labute approximate surface area is 116 Å². The Morgan fingerprint density at radius 1 is 1.26 bits per heavy atom. The van der Waals surface area contributed by atoms with Gasteiger partial charge in [0.05, 0.1) is 0 Å². The Hall–Kier alpha value is -0.900. The number of piperidine rings is 1. The summed E-state index contributed by atoms with van der Waals surface area (Å²) >= 11 is 0. The molecule has 0 aliphatic carbocycles. The van der Waals surface area contributed by atoms with Gasteiger partial charge in [-0.2, -0.15) is 0 Å². The second-order valence-electron chi connectivity index (χ2n) is 6.47. The Bertz CT molecular complexity index is 427. The Morgan fingerprint density at radius 3 is 2.58 bits per heavy atom. The Balaban J connectivity index is 1.73. The highest BCUT2D eigenvalue weighted by Crippen LogP contribution is 2.33. The summed E-state index contributed by atoms with van der Waals surface area (Å²) in [5.74, 6) is 3.07. The molecule has 1 N–H and O–H groups in total. The van der Waals surface area contributed by atoms with Crippen molar-refractivity contribution in [2.45, 2.75) is 77.4 Å². The smallest absolute Gasteiger partial charge is 0.133 e. The van der Waals surface area contributed by atoms with Crippen LogP contribution in [0.2, 0.25) is 0 Å². The molecule has 3 unspecified atom stereocenters. The minimum Gasteiger partial charge on any atom is -0.312 e. The lowest BCUT2D eigenvalue weighted by Gasteiger charge is -2.29. The summed E-state index contributed by atoms with van der Waals surface area (Å²) in [6.07, 6.45) is 7.64. The molecule has 0 radical (unpaired) electrons. The molecule has 0 saturated carbocycles. The molecule has 1 aromatic rings. The minimum absolute atomic E-state index is 0.517. The van der Waals surface area contributed by atoms with E-state index in [1.807, 2.05) is 0 Å². The fourth-order valence-corrected chi connectivity index (χ4v) is 3.91. The number of nitrogens with one attached hydrogen (secondary N) is 1. The van der Waals surface area contributed by atoms with E-state index in [2.05, 4.69) is 40.9 Å². The van der Waals surface area contributed by atoms with Crippen LogP contribution in [0.25, 0.3) is 0 Å². The van der Waals surface area contributed by atoms with Gasteiger partial charge in [0.25, 0.3) is 0 Å². The van der Waals surface area contributed by atoms with Gasteiger partial charge < -0.3 is 9.88 Å². The monoisotopic (exact) mass is 262 g/mol. The van der Waals surface area contributed by atoms with Crippen molar-refractivity contribution in [2.24, 2.45) is 5.92 Å². The molecule has 2 aliphatic rings. The van der Waals surface area contributed by atoms with Crippen LogP contribution in [-0.2, 0) is 6.42 Å². The van der Waals surface area contributed by atoms with Crippen molar-refractivity contribution in [3.05, 3.63) is 11.6 Å². The van der Waals surface area contributed by atoms with Crippen LogP contribution in [0.4, 0.5) is 0 Å². The molecule has 0 amide bonds. The SMILES string of the molecule is CCC(C)n1c(C)nnc1CC1CC2CCC(C1)N2. The van der Waals surface area contributed by atoms with Gasteiger partial charge in [-0.15, -0.1) is 10.2 Å². The van der Waals surface area contributed by atoms with E-state index in [4.69, 9.17) is 0 Å². The molecular weight excluding hydrogens is 236 g/mol. The van der Waals surface area contributed by atoms with Crippen molar-refractivity contribution in [2.75, 3.05) is 0 Å². The lowest BCUT2D eigenvalue weighted by atomic mass is 9.89. The first-order chi connectivity index (χ1) is 9.17. The van der Waals surface area contributed by atoms with Gasteiger partial charge in [-0.25, -0.2) is 0 Å². The van der Waals surface area contributed by atoms with E-state index in [0.29, 0.717) is 6.04 Å². The summed E-state index contributed by atoms with van der Waals surface area (Å²) in [6.45, 7) is 6.58. The molecule has 2 bridgehead atoms. The fraction of sp³-hybridized carbons (Fsp3) is 0.867. The molecule has 3 atom stereocenters. The zero-order valence-electron chi connectivity index (χ0n) is 12.4. The molecule has 19 heavy (non-hydrogen) atoms. The summed E-state index contributed by atoms with van der Waals surface area (Å²) in [4.78, 5) is 0. The summed E-state index contributed by atoms with van der Waals surface area (Å²) in [5.41, 5.74) is 0. The number of rotatable bonds is 4. The number of fused-ring (bicyclic) bond motifs is 2. The standard InChI is InChI=1S/C15H26N4/c1-4-10(2)19-11(3)17-18-15(19)9-12-7-13-5-6-14(8-12)16-13/h10,12-14,16H,4-9H2,1-3H3. The van der Waals surface area contributed by atoms with E-state index < -0.39 is 0 Å². The largest absolute Gasteiger partial charge is 0.312 e. The van der Waals surface area contributed by atoms with E-state index >= 15 is 0 Å². The summed E-state index contributed by atoms with van der Waals surface area (Å²) in [6, 6.07) is 2.05. The molecule has 2 aliphatic heterocycles. The van der Waals surface area contributed by atoms with Gasteiger partial charge in [0.1, 0.15) is 11.6 Å². The highest BCUT2D eigenvalue weighted by Gasteiger charge is 2.34. The summed E-state index contributed by atoms with van der Waals surface area (Å²) in [7, 11) is 0. The van der Waals surface area contributed by atoms with Crippen molar-refractivity contribution in [1.29, 1.82) is 0 Å². The first-order valence-corrected chi connectivity index (χ1v) is 7.83. The second kappa shape index (κ2) is 5.23. The molecule has 2 saturated heterocycles. The van der Waals surface area contributed by atoms with Crippen LogP contribution in [0.1, 0.15) is 63.6 Å². The summed E-state index contributed by atoms with van der Waals surface area (Å²) in [5, 5.41) is 12.5. The molecule has 0 aromatic carbocycles. The minimum atomic E-state index is 0.517. The zero-order chi connectivity index (χ0) is 13.4. The van der Waals surface area contributed by atoms with E-state index in [9.17, 15) is 0 Å². The van der Waals surface area contributed by atoms with Crippen LogP contribution in [0.5, 0.6) is 0 Å². The van der Waals surface area contributed by atoms with Crippen LogP contribution in [0.3, 0.4) is 0 Å². The van der Waals surface area contributed by atoms with Crippen LogP contribution >= 0.6 is 0 Å². The first-order valence-electron chi connectivity index (χ1n) is 7.83. The van der Waals surface area contributed by atoms with E-state index in [1.165, 1.54) is 31.5 Å². The van der Waals surface area contributed by atoms with Crippen molar-refractivity contribution in [3.63, 3.8) is 0 Å². The predicted octanol–water partition coefficient (Wildman–Crippen LogP) is 2.63. The van der Waals surface area contributed by atoms with E-state index in [0.717, 1.165) is 36.7 Å². The van der Waals surface area contributed by atoms with Gasteiger partial charge >= 0.3 is 0 Å². The van der Waals surface area contributed by atoms with Crippen LogP contribution in [0, 0.1) is 12.8 Å². The van der Waals surface area contributed by atoms with Crippen LogP contribution in [0.15, 0.2) is 0 Å². The number of hydrogen-bond donors (Lipinski definition) is 1. The highest BCUT2D eigenvalue weighted by atomic mass is 15.3. The molecule has 3 heterocycles. The third kappa shape index (κ3) is 2.55. The van der Waals surface area contributed by atoms with Crippen LogP contribution in [-0.4, -0.2) is 26.8 Å². The maximum atomic E-state index is 4.44. The maximum absolute atomic E-state index is 4.44. The maximum Gasteiger partial charge on any atom is 0.133 e. The molecule has 4 heteroatoms. The van der Waals surface area contributed by atoms with Gasteiger partial charge in [0.2, 0.25) is 0 Å². The van der Waals surface area contributed by atoms with Crippen molar-refractivity contribution >= 4 is 0 Å². The van der Waals surface area contributed by atoms with Crippen molar-refractivity contribution in [3.8, 4) is 0 Å². The lowest BCUT2D eigenvalue weighted by Crippen LogP contribution is -2.38. The summed E-state index contributed by atoms with van der Waals surface area (Å²) < 4.78 is 2.35. The van der Waals surface area contributed by atoms with Gasteiger partial charge in [0.15, 0.2) is 0 Å². The quantitative estimate of drug-likeness (QED) is 0.907. The lowest BCUT2D eigenvalue weighted by molar-refractivity contribution is 0.290. The average molecular weight is 262 g/mol. The van der Waals surface area contributed by atoms with Crippen molar-refractivity contribution in [1.82, 2.24) is 20.1 Å². The molecule has 0 spiro atoms. The van der Waals surface area contributed by atoms with Gasteiger partial charge in [-0.1, -0.05) is 6.92 Å². The second-order valence-corrected chi connectivity index (χ2v) is 6.47. The van der Waals surface area contributed by atoms with Gasteiger partial charge in [-0.3, -0.25) is 0 Å². The van der Waals surface area contributed by atoms with E-state index in [1.54, 1.807) is 0 Å². The molecule has 4 nitrogen and oxygen atoms in total. The predicted molar refractivity (Wildman–Crippen MR) is 76.1 cm³/mol. The number of hydrogen-bond acceptors (Lipinski definition) is 3. The zero-order valence-corrected chi connectivity index (χ0v) is 12.4. The highest BCUT2D eigenvalue weighted by molar-refractivity contribution is 5.01. The van der Waals surface area contributed by atoms with Gasteiger partial charge in [-0.05, 0) is 51.9 Å². The van der Waals surface area contributed by atoms with E-state index in [-0.39, 0.29) is 0 Å². The number of nitrogens with zero attached hydrogens (tertiary/aromatic N) is 3.